The van der Waals surface area contributed by atoms with Gasteiger partial charge < -0.3 is 5.32 Å². The summed E-state index contributed by atoms with van der Waals surface area (Å²) >= 11 is 0. The van der Waals surface area contributed by atoms with Crippen LogP contribution in [0.2, 0.25) is 0 Å². The van der Waals surface area contributed by atoms with Crippen LogP contribution in [0.5, 0.6) is 0 Å². The third kappa shape index (κ3) is 3.01. The molecule has 0 saturated heterocycles. The Kier molecular flexibility index (Phi) is 4.76. The second-order valence-corrected chi connectivity index (χ2v) is 6.00. The Morgan fingerprint density at radius 2 is 2.00 bits per heavy atom. The molecule has 1 N–H and O–H groups in total. The Hall–Kier alpha value is -1.42. The minimum absolute atomic E-state index is 0.421. The molecule has 0 amide bonds. The number of nitrogens with one attached hydrogen (secondary N) is 1. The minimum atomic E-state index is 0.421. The molecule has 2 aromatic heterocycles. The fourth-order valence-electron chi connectivity index (χ4n) is 3.00. The van der Waals surface area contributed by atoms with E-state index in [9.17, 15) is 0 Å². The van der Waals surface area contributed by atoms with Crippen LogP contribution >= 0.6 is 0 Å². The maximum Gasteiger partial charge on any atom is 0.155 e. The number of nitrogens with zero attached hydrogens (tertiary/aromatic N) is 3. The average molecular weight is 274 g/mol. The van der Waals surface area contributed by atoms with Crippen molar-refractivity contribution in [2.45, 2.75) is 53.0 Å². The number of fused-ring (bicyclic) bond motifs is 1. The zero-order valence-electron chi connectivity index (χ0n) is 13.2. The van der Waals surface area contributed by atoms with Crippen molar-refractivity contribution in [3.63, 3.8) is 0 Å². The zero-order chi connectivity index (χ0) is 14.7. The summed E-state index contributed by atoms with van der Waals surface area (Å²) in [7, 11) is 0. The van der Waals surface area contributed by atoms with Gasteiger partial charge in [0.25, 0.3) is 0 Å². The van der Waals surface area contributed by atoms with Gasteiger partial charge in [-0.1, -0.05) is 20.8 Å². The van der Waals surface area contributed by atoms with Crippen molar-refractivity contribution in [2.75, 3.05) is 6.54 Å². The van der Waals surface area contributed by atoms with Gasteiger partial charge in [0.2, 0.25) is 0 Å². The first-order chi connectivity index (χ1) is 9.54. The van der Waals surface area contributed by atoms with Crippen LogP contribution in [0.4, 0.5) is 0 Å². The van der Waals surface area contributed by atoms with Crippen LogP contribution in [0.3, 0.4) is 0 Å². The summed E-state index contributed by atoms with van der Waals surface area (Å²) < 4.78 is 1.99. The first-order valence-electron chi connectivity index (χ1n) is 7.58. The Balaban J connectivity index is 2.43. The maximum atomic E-state index is 4.40. The highest BCUT2D eigenvalue weighted by molar-refractivity contribution is 5.42. The molecular weight excluding hydrogens is 248 g/mol. The number of aryl methyl sites for hydroxylation is 1. The van der Waals surface area contributed by atoms with E-state index >= 15 is 0 Å². The van der Waals surface area contributed by atoms with Crippen molar-refractivity contribution in [1.29, 1.82) is 0 Å². The standard InChI is InChI=1S/C16H26N4/c1-6-7-17-13(5)16(11(2)3)14-8-12(4)9-15-18-10-19-20(14)15/h8-11,13,16-17H,6-7H2,1-5H3. The highest BCUT2D eigenvalue weighted by atomic mass is 15.3. The quantitative estimate of drug-likeness (QED) is 0.880. The molecule has 0 saturated carbocycles. The molecule has 0 radical (unpaired) electrons. The predicted molar refractivity (Wildman–Crippen MR) is 83.1 cm³/mol. The van der Waals surface area contributed by atoms with Crippen LogP contribution in [0, 0.1) is 12.8 Å². The summed E-state index contributed by atoms with van der Waals surface area (Å²) in [6.45, 7) is 12.2. The third-order valence-corrected chi connectivity index (χ3v) is 3.87. The summed E-state index contributed by atoms with van der Waals surface area (Å²) in [5, 5.41) is 8.03. The second kappa shape index (κ2) is 6.35. The van der Waals surface area contributed by atoms with E-state index in [0.29, 0.717) is 17.9 Å². The molecule has 0 aromatic carbocycles. The van der Waals surface area contributed by atoms with Gasteiger partial charge in [0.1, 0.15) is 6.33 Å². The Morgan fingerprint density at radius 3 is 2.65 bits per heavy atom. The maximum absolute atomic E-state index is 4.40. The molecule has 0 fully saturated rings. The van der Waals surface area contributed by atoms with Gasteiger partial charge in [0.05, 0.1) is 0 Å². The molecule has 2 atom stereocenters. The highest BCUT2D eigenvalue weighted by Gasteiger charge is 2.25. The van der Waals surface area contributed by atoms with Crippen molar-refractivity contribution >= 4 is 5.65 Å². The van der Waals surface area contributed by atoms with Crippen molar-refractivity contribution < 1.29 is 0 Å². The number of rotatable bonds is 6. The summed E-state index contributed by atoms with van der Waals surface area (Å²) in [5.74, 6) is 0.967. The van der Waals surface area contributed by atoms with E-state index in [4.69, 9.17) is 0 Å². The molecule has 0 aliphatic rings. The average Bonchev–Trinajstić information content (AvgIpc) is 2.84. The number of hydrogen-bond acceptors (Lipinski definition) is 3. The SMILES string of the molecule is CCCNC(C)C(c1cc(C)cc2ncnn12)C(C)C. The Morgan fingerprint density at radius 1 is 1.25 bits per heavy atom. The third-order valence-electron chi connectivity index (χ3n) is 3.87. The molecule has 0 spiro atoms. The topological polar surface area (TPSA) is 42.2 Å². The molecule has 0 aliphatic carbocycles. The summed E-state index contributed by atoms with van der Waals surface area (Å²) in [5.41, 5.74) is 3.44. The summed E-state index contributed by atoms with van der Waals surface area (Å²) in [6.07, 6.45) is 2.79. The number of aromatic nitrogens is 3. The van der Waals surface area contributed by atoms with Gasteiger partial charge in [-0.05, 0) is 50.4 Å². The molecule has 0 bridgehead atoms. The highest BCUT2D eigenvalue weighted by Crippen LogP contribution is 2.29. The minimum Gasteiger partial charge on any atom is -0.314 e. The lowest BCUT2D eigenvalue weighted by Gasteiger charge is -2.29. The van der Waals surface area contributed by atoms with E-state index < -0.39 is 0 Å². The lowest BCUT2D eigenvalue weighted by atomic mass is 9.85. The van der Waals surface area contributed by atoms with Crippen LogP contribution in [0.15, 0.2) is 18.5 Å². The van der Waals surface area contributed by atoms with Gasteiger partial charge in [-0.2, -0.15) is 5.10 Å². The van der Waals surface area contributed by atoms with E-state index in [-0.39, 0.29) is 0 Å². The fraction of sp³-hybridized carbons (Fsp3) is 0.625. The number of hydrogen-bond donors (Lipinski definition) is 1. The lowest BCUT2D eigenvalue weighted by molar-refractivity contribution is 0.366. The normalized spacial score (nSPS) is 14.9. The largest absolute Gasteiger partial charge is 0.314 e. The zero-order valence-corrected chi connectivity index (χ0v) is 13.2. The number of pyridine rings is 1. The molecule has 4 heteroatoms. The van der Waals surface area contributed by atoms with Crippen molar-refractivity contribution in [2.24, 2.45) is 5.92 Å². The Bertz CT molecular complexity index is 559. The van der Waals surface area contributed by atoms with Crippen molar-refractivity contribution in [1.82, 2.24) is 19.9 Å². The van der Waals surface area contributed by atoms with Crippen LogP contribution in [-0.2, 0) is 0 Å². The molecule has 4 nitrogen and oxygen atoms in total. The Labute approximate surface area is 121 Å². The summed E-state index contributed by atoms with van der Waals surface area (Å²) in [6, 6.07) is 4.75. The first kappa shape index (κ1) is 15.0. The lowest BCUT2D eigenvalue weighted by Crippen LogP contribution is -2.36. The fourth-order valence-corrected chi connectivity index (χ4v) is 3.00. The molecule has 20 heavy (non-hydrogen) atoms. The van der Waals surface area contributed by atoms with E-state index in [2.05, 4.69) is 62.2 Å². The van der Waals surface area contributed by atoms with Gasteiger partial charge >= 0.3 is 0 Å². The molecule has 2 aromatic rings. The van der Waals surface area contributed by atoms with Gasteiger partial charge in [0.15, 0.2) is 5.65 Å². The molecule has 0 aliphatic heterocycles. The van der Waals surface area contributed by atoms with Crippen LogP contribution in [0.25, 0.3) is 5.65 Å². The van der Waals surface area contributed by atoms with E-state index in [1.165, 1.54) is 11.3 Å². The van der Waals surface area contributed by atoms with Crippen LogP contribution in [-0.4, -0.2) is 27.2 Å². The molecule has 110 valence electrons. The molecular formula is C16H26N4. The van der Waals surface area contributed by atoms with E-state index in [1.807, 2.05) is 4.52 Å². The van der Waals surface area contributed by atoms with Gasteiger partial charge in [-0.15, -0.1) is 0 Å². The summed E-state index contributed by atoms with van der Waals surface area (Å²) in [4.78, 5) is 4.33. The van der Waals surface area contributed by atoms with E-state index in [0.717, 1.165) is 18.6 Å². The van der Waals surface area contributed by atoms with Crippen molar-refractivity contribution in [3.05, 3.63) is 29.7 Å². The van der Waals surface area contributed by atoms with Gasteiger partial charge in [-0.3, -0.25) is 0 Å². The monoisotopic (exact) mass is 274 g/mol. The van der Waals surface area contributed by atoms with Crippen molar-refractivity contribution in [3.8, 4) is 0 Å². The van der Waals surface area contributed by atoms with Gasteiger partial charge in [0, 0.05) is 17.7 Å². The van der Waals surface area contributed by atoms with Gasteiger partial charge in [-0.25, -0.2) is 9.50 Å². The van der Waals surface area contributed by atoms with E-state index in [1.54, 1.807) is 6.33 Å². The molecule has 2 heterocycles. The second-order valence-electron chi connectivity index (χ2n) is 6.00. The van der Waals surface area contributed by atoms with Crippen LogP contribution < -0.4 is 5.32 Å². The smallest absolute Gasteiger partial charge is 0.155 e. The first-order valence-corrected chi connectivity index (χ1v) is 7.58. The van der Waals surface area contributed by atoms with Crippen LogP contribution in [0.1, 0.15) is 51.3 Å². The predicted octanol–water partition coefficient (Wildman–Crippen LogP) is 3.17. The molecule has 2 unspecified atom stereocenters. The molecule has 2 rings (SSSR count).